The average Bonchev–Trinajstić information content (AvgIpc) is 2.64. The molecule has 3 N–H and O–H groups in total. The SMILES string of the molecule is Cc1cc(F)cc(C(NN)c2ccn(C)n2)c1. The predicted octanol–water partition coefficient (Wildman–Crippen LogP) is 1.42. The summed E-state index contributed by atoms with van der Waals surface area (Å²) in [6.07, 6.45) is 1.83. The van der Waals surface area contributed by atoms with Gasteiger partial charge in [-0.3, -0.25) is 10.5 Å². The van der Waals surface area contributed by atoms with Crippen LogP contribution in [-0.2, 0) is 7.05 Å². The largest absolute Gasteiger partial charge is 0.275 e. The van der Waals surface area contributed by atoms with E-state index < -0.39 is 0 Å². The second-order valence-electron chi connectivity index (χ2n) is 4.08. The number of benzene rings is 1. The Bertz CT molecular complexity index is 501. The van der Waals surface area contributed by atoms with Crippen molar-refractivity contribution in [3.8, 4) is 0 Å². The molecule has 0 spiro atoms. The Morgan fingerprint density at radius 1 is 1.41 bits per heavy atom. The molecule has 0 aliphatic heterocycles. The second-order valence-corrected chi connectivity index (χ2v) is 4.08. The van der Waals surface area contributed by atoms with Gasteiger partial charge in [0.2, 0.25) is 0 Å². The summed E-state index contributed by atoms with van der Waals surface area (Å²) in [6.45, 7) is 1.85. The molecule has 4 nitrogen and oxygen atoms in total. The molecule has 0 aliphatic rings. The molecule has 1 atom stereocenters. The van der Waals surface area contributed by atoms with Gasteiger partial charge >= 0.3 is 0 Å². The summed E-state index contributed by atoms with van der Waals surface area (Å²) in [7, 11) is 1.83. The number of hydrazine groups is 1. The van der Waals surface area contributed by atoms with E-state index in [4.69, 9.17) is 5.84 Å². The maximum atomic E-state index is 13.4. The summed E-state index contributed by atoms with van der Waals surface area (Å²) in [5.41, 5.74) is 5.05. The highest BCUT2D eigenvalue weighted by Gasteiger charge is 2.16. The standard InChI is InChI=1S/C12H15FN4/c1-8-5-9(7-10(13)6-8)12(15-14)11-3-4-17(2)16-11/h3-7,12,15H,14H2,1-2H3. The maximum absolute atomic E-state index is 13.4. The molecule has 1 aromatic heterocycles. The van der Waals surface area contributed by atoms with Crippen LogP contribution in [0.4, 0.5) is 4.39 Å². The lowest BCUT2D eigenvalue weighted by Gasteiger charge is -2.14. The third kappa shape index (κ3) is 2.51. The Balaban J connectivity index is 2.41. The van der Waals surface area contributed by atoms with E-state index in [1.807, 2.05) is 32.3 Å². The van der Waals surface area contributed by atoms with E-state index in [2.05, 4.69) is 10.5 Å². The van der Waals surface area contributed by atoms with Gasteiger partial charge in [-0.2, -0.15) is 5.10 Å². The highest BCUT2D eigenvalue weighted by molar-refractivity contribution is 5.31. The number of nitrogens with two attached hydrogens (primary N) is 1. The zero-order valence-electron chi connectivity index (χ0n) is 9.81. The molecule has 90 valence electrons. The minimum Gasteiger partial charge on any atom is -0.275 e. The van der Waals surface area contributed by atoms with Gasteiger partial charge in [0.25, 0.3) is 0 Å². The third-order valence-electron chi connectivity index (χ3n) is 2.59. The first-order valence-electron chi connectivity index (χ1n) is 5.33. The molecule has 5 heteroatoms. The molecule has 0 bridgehead atoms. The van der Waals surface area contributed by atoms with Crippen LogP contribution >= 0.6 is 0 Å². The van der Waals surface area contributed by atoms with Crippen LogP contribution < -0.4 is 11.3 Å². The van der Waals surface area contributed by atoms with E-state index in [9.17, 15) is 4.39 Å². The van der Waals surface area contributed by atoms with Gasteiger partial charge in [0.1, 0.15) is 5.82 Å². The normalized spacial score (nSPS) is 12.7. The van der Waals surface area contributed by atoms with Gasteiger partial charge in [-0.1, -0.05) is 6.07 Å². The lowest BCUT2D eigenvalue weighted by atomic mass is 10.0. The number of hydrogen-bond acceptors (Lipinski definition) is 3. The molecule has 0 aliphatic carbocycles. The van der Waals surface area contributed by atoms with Crippen LogP contribution in [-0.4, -0.2) is 9.78 Å². The summed E-state index contributed by atoms with van der Waals surface area (Å²) in [5, 5.41) is 4.27. The van der Waals surface area contributed by atoms with Crippen LogP contribution in [0.15, 0.2) is 30.5 Å². The van der Waals surface area contributed by atoms with Crippen molar-refractivity contribution in [2.75, 3.05) is 0 Å². The van der Waals surface area contributed by atoms with Crippen LogP contribution in [0.1, 0.15) is 22.9 Å². The van der Waals surface area contributed by atoms with E-state index in [1.54, 1.807) is 4.68 Å². The van der Waals surface area contributed by atoms with Gasteiger partial charge < -0.3 is 0 Å². The third-order valence-corrected chi connectivity index (χ3v) is 2.59. The Morgan fingerprint density at radius 3 is 2.71 bits per heavy atom. The van der Waals surface area contributed by atoms with Crippen LogP contribution in [0.5, 0.6) is 0 Å². The molecule has 0 radical (unpaired) electrons. The molecule has 0 fully saturated rings. The first-order chi connectivity index (χ1) is 8.10. The van der Waals surface area contributed by atoms with Gasteiger partial charge in [0, 0.05) is 13.2 Å². The zero-order valence-corrected chi connectivity index (χ0v) is 9.81. The van der Waals surface area contributed by atoms with E-state index >= 15 is 0 Å². The van der Waals surface area contributed by atoms with Gasteiger partial charge in [0.05, 0.1) is 11.7 Å². The number of nitrogens with one attached hydrogen (secondary N) is 1. The van der Waals surface area contributed by atoms with E-state index in [-0.39, 0.29) is 11.9 Å². The first kappa shape index (κ1) is 11.8. The van der Waals surface area contributed by atoms with Crippen molar-refractivity contribution in [2.45, 2.75) is 13.0 Å². The van der Waals surface area contributed by atoms with Crippen molar-refractivity contribution in [1.82, 2.24) is 15.2 Å². The number of aryl methyl sites for hydroxylation is 2. The van der Waals surface area contributed by atoms with Crippen molar-refractivity contribution < 1.29 is 4.39 Å². The average molecular weight is 234 g/mol. The lowest BCUT2D eigenvalue weighted by molar-refractivity contribution is 0.587. The van der Waals surface area contributed by atoms with Crippen molar-refractivity contribution in [1.29, 1.82) is 0 Å². The quantitative estimate of drug-likeness (QED) is 0.624. The van der Waals surface area contributed by atoms with Crippen LogP contribution in [0.2, 0.25) is 0 Å². The van der Waals surface area contributed by atoms with Gasteiger partial charge in [-0.15, -0.1) is 0 Å². The maximum Gasteiger partial charge on any atom is 0.123 e. The summed E-state index contributed by atoms with van der Waals surface area (Å²) in [5.74, 6) is 5.26. The Hall–Kier alpha value is -1.72. The fourth-order valence-electron chi connectivity index (χ4n) is 1.87. The van der Waals surface area contributed by atoms with E-state index in [1.165, 1.54) is 12.1 Å². The molecule has 0 saturated carbocycles. The number of nitrogens with zero attached hydrogens (tertiary/aromatic N) is 2. The van der Waals surface area contributed by atoms with Crippen molar-refractivity contribution in [3.05, 3.63) is 53.1 Å². The monoisotopic (exact) mass is 234 g/mol. The highest BCUT2D eigenvalue weighted by Crippen LogP contribution is 2.21. The molecule has 0 saturated heterocycles. The molecular weight excluding hydrogens is 219 g/mol. The van der Waals surface area contributed by atoms with E-state index in [0.29, 0.717) is 0 Å². The van der Waals surface area contributed by atoms with Crippen molar-refractivity contribution in [2.24, 2.45) is 12.9 Å². The number of hydrogen-bond donors (Lipinski definition) is 2. The molecule has 1 aromatic carbocycles. The number of rotatable bonds is 3. The molecule has 1 heterocycles. The van der Waals surface area contributed by atoms with Crippen molar-refractivity contribution in [3.63, 3.8) is 0 Å². The van der Waals surface area contributed by atoms with Crippen LogP contribution in [0.3, 0.4) is 0 Å². The molecule has 1 unspecified atom stereocenters. The Morgan fingerprint density at radius 2 is 2.18 bits per heavy atom. The summed E-state index contributed by atoms with van der Waals surface area (Å²) >= 11 is 0. The Kier molecular flexibility index (Phi) is 3.21. The Labute approximate surface area is 99.2 Å². The van der Waals surface area contributed by atoms with Gasteiger partial charge in [0.15, 0.2) is 0 Å². The van der Waals surface area contributed by atoms with Crippen LogP contribution in [0.25, 0.3) is 0 Å². The summed E-state index contributed by atoms with van der Waals surface area (Å²) in [6, 6.07) is 6.39. The number of halogens is 1. The minimum absolute atomic E-state index is 0.267. The summed E-state index contributed by atoms with van der Waals surface area (Å²) < 4.78 is 15.0. The second kappa shape index (κ2) is 4.65. The summed E-state index contributed by atoms with van der Waals surface area (Å²) in [4.78, 5) is 0. The van der Waals surface area contributed by atoms with E-state index in [0.717, 1.165) is 16.8 Å². The molecule has 17 heavy (non-hydrogen) atoms. The number of aromatic nitrogens is 2. The molecular formula is C12H15FN4. The van der Waals surface area contributed by atoms with Gasteiger partial charge in [-0.05, 0) is 36.2 Å². The van der Waals surface area contributed by atoms with Gasteiger partial charge in [-0.25, -0.2) is 9.82 Å². The first-order valence-corrected chi connectivity index (χ1v) is 5.33. The zero-order chi connectivity index (χ0) is 12.4. The molecule has 2 rings (SSSR count). The topological polar surface area (TPSA) is 55.9 Å². The molecule has 2 aromatic rings. The minimum atomic E-state index is -0.300. The fourth-order valence-corrected chi connectivity index (χ4v) is 1.87. The highest BCUT2D eigenvalue weighted by atomic mass is 19.1. The smallest absolute Gasteiger partial charge is 0.123 e. The fraction of sp³-hybridized carbons (Fsp3) is 0.250. The predicted molar refractivity (Wildman–Crippen MR) is 63.5 cm³/mol. The molecule has 0 amide bonds. The van der Waals surface area contributed by atoms with Crippen molar-refractivity contribution >= 4 is 0 Å². The lowest BCUT2D eigenvalue weighted by Crippen LogP contribution is -2.29. The van der Waals surface area contributed by atoms with Crippen LogP contribution in [0, 0.1) is 12.7 Å².